The van der Waals surface area contributed by atoms with E-state index in [1.165, 1.54) is 0 Å². The molecule has 0 spiro atoms. The van der Waals surface area contributed by atoms with Crippen LogP contribution < -0.4 is 10.1 Å². The molecule has 6 heteroatoms. The molecule has 1 aliphatic heterocycles. The normalized spacial score (nSPS) is 17.3. The van der Waals surface area contributed by atoms with Gasteiger partial charge in [0.15, 0.2) is 0 Å². The maximum absolute atomic E-state index is 12.0. The van der Waals surface area contributed by atoms with Gasteiger partial charge in [0.2, 0.25) is 0 Å². The number of hydrogen-bond acceptors (Lipinski definition) is 3. The minimum absolute atomic E-state index is 0.190. The number of urea groups is 1. The number of carbonyl (C=O) groups excluding carboxylic acids is 1. The molecule has 22 heavy (non-hydrogen) atoms. The van der Waals surface area contributed by atoms with E-state index in [0.717, 1.165) is 11.3 Å². The lowest BCUT2D eigenvalue weighted by molar-refractivity contribution is -0.141. The third-order valence-electron chi connectivity index (χ3n) is 3.72. The zero-order valence-corrected chi connectivity index (χ0v) is 12.7. The summed E-state index contributed by atoms with van der Waals surface area (Å²) in [5.74, 6) is -0.438. The van der Waals surface area contributed by atoms with E-state index in [-0.39, 0.29) is 6.03 Å². The summed E-state index contributed by atoms with van der Waals surface area (Å²) >= 11 is 0. The van der Waals surface area contributed by atoms with Crippen molar-refractivity contribution in [1.82, 2.24) is 10.2 Å². The summed E-state index contributed by atoms with van der Waals surface area (Å²) < 4.78 is 5.44. The monoisotopic (exact) mass is 306 g/mol. The number of ether oxygens (including phenoxy) is 1. The summed E-state index contributed by atoms with van der Waals surface area (Å²) in [7, 11) is 0. The minimum atomic E-state index is -0.831. The van der Waals surface area contributed by atoms with Crippen LogP contribution in [-0.4, -0.2) is 48.2 Å². The number of carbonyl (C=O) groups is 2. The van der Waals surface area contributed by atoms with E-state index in [4.69, 9.17) is 9.84 Å². The van der Waals surface area contributed by atoms with Crippen molar-refractivity contribution in [2.75, 3.05) is 26.2 Å². The van der Waals surface area contributed by atoms with Gasteiger partial charge in [-0.3, -0.25) is 4.79 Å². The Morgan fingerprint density at radius 2 is 2.27 bits per heavy atom. The van der Waals surface area contributed by atoms with Crippen molar-refractivity contribution >= 4 is 12.0 Å². The Morgan fingerprint density at radius 3 is 2.95 bits per heavy atom. The summed E-state index contributed by atoms with van der Waals surface area (Å²) in [4.78, 5) is 24.4. The largest absolute Gasteiger partial charge is 0.494 e. The first-order valence-electron chi connectivity index (χ1n) is 7.57. The van der Waals surface area contributed by atoms with E-state index in [9.17, 15) is 9.59 Å². The van der Waals surface area contributed by atoms with Crippen LogP contribution in [0.1, 0.15) is 18.9 Å². The lowest BCUT2D eigenvalue weighted by Crippen LogP contribution is -2.39. The highest BCUT2D eigenvalue weighted by atomic mass is 16.5. The Bertz CT molecular complexity index is 533. The van der Waals surface area contributed by atoms with Crippen LogP contribution in [0.5, 0.6) is 5.75 Å². The van der Waals surface area contributed by atoms with Crippen LogP contribution in [0.3, 0.4) is 0 Å². The molecule has 120 valence electrons. The molecule has 1 saturated heterocycles. The number of benzene rings is 1. The summed E-state index contributed by atoms with van der Waals surface area (Å²) in [6.07, 6.45) is 1.24. The number of carboxylic acid groups (broad SMARTS) is 1. The molecule has 1 atom stereocenters. The molecule has 0 radical (unpaired) electrons. The van der Waals surface area contributed by atoms with Gasteiger partial charge in [0.25, 0.3) is 0 Å². The molecule has 0 bridgehead atoms. The van der Waals surface area contributed by atoms with E-state index in [1.807, 2.05) is 31.2 Å². The fourth-order valence-electron chi connectivity index (χ4n) is 2.53. The highest BCUT2D eigenvalue weighted by Crippen LogP contribution is 2.16. The third-order valence-corrected chi connectivity index (χ3v) is 3.72. The second kappa shape index (κ2) is 7.68. The first kappa shape index (κ1) is 16.1. The van der Waals surface area contributed by atoms with Crippen molar-refractivity contribution in [3.63, 3.8) is 0 Å². The van der Waals surface area contributed by atoms with Gasteiger partial charge < -0.3 is 20.1 Å². The average molecular weight is 306 g/mol. The molecular formula is C16H22N2O4. The van der Waals surface area contributed by atoms with Crippen LogP contribution in [0.15, 0.2) is 24.3 Å². The van der Waals surface area contributed by atoms with E-state index < -0.39 is 11.9 Å². The van der Waals surface area contributed by atoms with Crippen molar-refractivity contribution in [3.8, 4) is 5.75 Å². The molecule has 1 fully saturated rings. The van der Waals surface area contributed by atoms with E-state index in [1.54, 1.807) is 4.90 Å². The fourth-order valence-corrected chi connectivity index (χ4v) is 2.53. The second-order valence-electron chi connectivity index (χ2n) is 5.33. The van der Waals surface area contributed by atoms with Crippen LogP contribution in [0.25, 0.3) is 0 Å². The van der Waals surface area contributed by atoms with Crippen LogP contribution in [0, 0.1) is 5.92 Å². The van der Waals surface area contributed by atoms with Crippen molar-refractivity contribution < 1.29 is 19.4 Å². The van der Waals surface area contributed by atoms with Crippen LogP contribution >= 0.6 is 0 Å². The van der Waals surface area contributed by atoms with Crippen LogP contribution in [0.2, 0.25) is 0 Å². The lowest BCUT2D eigenvalue weighted by atomic mass is 10.1. The summed E-state index contributed by atoms with van der Waals surface area (Å²) in [5.41, 5.74) is 1.09. The second-order valence-corrected chi connectivity index (χ2v) is 5.33. The molecule has 1 aromatic rings. The van der Waals surface area contributed by atoms with Gasteiger partial charge in [-0.05, 0) is 37.5 Å². The Kier molecular flexibility index (Phi) is 5.63. The predicted molar refractivity (Wildman–Crippen MR) is 82.0 cm³/mol. The van der Waals surface area contributed by atoms with Crippen molar-refractivity contribution in [2.45, 2.75) is 19.8 Å². The zero-order chi connectivity index (χ0) is 15.9. The Balaban J connectivity index is 1.75. The summed E-state index contributed by atoms with van der Waals surface area (Å²) in [5, 5.41) is 11.8. The molecule has 1 aromatic carbocycles. The van der Waals surface area contributed by atoms with Gasteiger partial charge in [0.05, 0.1) is 12.5 Å². The smallest absolute Gasteiger partial charge is 0.317 e. The number of rotatable bonds is 6. The number of hydrogen-bond donors (Lipinski definition) is 2. The van der Waals surface area contributed by atoms with Gasteiger partial charge in [-0.25, -0.2) is 4.79 Å². The topological polar surface area (TPSA) is 78.9 Å². The predicted octanol–water partition coefficient (Wildman–Crippen LogP) is 1.74. The molecule has 2 rings (SSSR count). The van der Waals surface area contributed by atoms with E-state index in [0.29, 0.717) is 39.1 Å². The van der Waals surface area contributed by atoms with Gasteiger partial charge in [0, 0.05) is 19.6 Å². The summed E-state index contributed by atoms with van der Waals surface area (Å²) in [6.45, 7) is 3.87. The van der Waals surface area contributed by atoms with Gasteiger partial charge >= 0.3 is 12.0 Å². The van der Waals surface area contributed by atoms with Crippen LogP contribution in [-0.2, 0) is 11.2 Å². The third kappa shape index (κ3) is 4.38. The molecule has 0 aliphatic carbocycles. The number of nitrogens with one attached hydrogen (secondary N) is 1. The van der Waals surface area contributed by atoms with Gasteiger partial charge in [0.1, 0.15) is 5.75 Å². The number of carboxylic acids is 1. The maximum atomic E-state index is 12.0. The molecular weight excluding hydrogens is 284 g/mol. The van der Waals surface area contributed by atoms with Gasteiger partial charge in [-0.2, -0.15) is 0 Å². The molecule has 1 heterocycles. The van der Waals surface area contributed by atoms with Crippen molar-refractivity contribution in [2.24, 2.45) is 5.92 Å². The molecule has 1 aliphatic rings. The maximum Gasteiger partial charge on any atom is 0.317 e. The van der Waals surface area contributed by atoms with E-state index in [2.05, 4.69) is 5.32 Å². The highest BCUT2D eigenvalue weighted by molar-refractivity contribution is 5.77. The summed E-state index contributed by atoms with van der Waals surface area (Å²) in [6, 6.07) is 7.60. The zero-order valence-electron chi connectivity index (χ0n) is 12.7. The molecule has 6 nitrogen and oxygen atoms in total. The molecule has 1 unspecified atom stereocenters. The molecule has 2 N–H and O–H groups in total. The SMILES string of the molecule is CCOc1cccc(CCNC(=O)N2CCC(C(=O)O)C2)c1. The Labute approximate surface area is 130 Å². The first-order chi connectivity index (χ1) is 10.6. The quantitative estimate of drug-likeness (QED) is 0.839. The Hall–Kier alpha value is -2.24. The lowest BCUT2D eigenvalue weighted by Gasteiger charge is -2.16. The number of amides is 2. The molecule has 0 aromatic heterocycles. The highest BCUT2D eigenvalue weighted by Gasteiger charge is 2.30. The number of aliphatic carboxylic acids is 1. The minimum Gasteiger partial charge on any atom is -0.494 e. The van der Waals surface area contributed by atoms with Crippen LogP contribution in [0.4, 0.5) is 4.79 Å². The average Bonchev–Trinajstić information content (AvgIpc) is 2.98. The van der Waals surface area contributed by atoms with Crippen molar-refractivity contribution in [1.29, 1.82) is 0 Å². The first-order valence-corrected chi connectivity index (χ1v) is 7.57. The fraction of sp³-hybridized carbons (Fsp3) is 0.500. The Morgan fingerprint density at radius 1 is 1.45 bits per heavy atom. The van der Waals surface area contributed by atoms with Crippen molar-refractivity contribution in [3.05, 3.63) is 29.8 Å². The number of likely N-dealkylation sites (tertiary alicyclic amines) is 1. The van der Waals surface area contributed by atoms with Gasteiger partial charge in [-0.15, -0.1) is 0 Å². The van der Waals surface area contributed by atoms with E-state index >= 15 is 0 Å². The molecule has 0 saturated carbocycles. The standard InChI is InChI=1S/C16H22N2O4/c1-2-22-14-5-3-4-12(10-14)6-8-17-16(21)18-9-7-13(11-18)15(19)20/h3-5,10,13H,2,6-9,11H2,1H3,(H,17,21)(H,19,20). The van der Waals surface area contributed by atoms with Gasteiger partial charge in [-0.1, -0.05) is 12.1 Å². The molecule has 2 amide bonds. The number of nitrogens with zero attached hydrogens (tertiary/aromatic N) is 1.